The summed E-state index contributed by atoms with van der Waals surface area (Å²) >= 11 is 14.9. The van der Waals surface area contributed by atoms with Gasteiger partial charge in [-0.15, -0.1) is 11.3 Å². The lowest BCUT2D eigenvalue weighted by Crippen LogP contribution is -2.28. The van der Waals surface area contributed by atoms with E-state index in [9.17, 15) is 9.59 Å². The number of halogens is 2. The van der Waals surface area contributed by atoms with E-state index in [-0.39, 0.29) is 23.3 Å². The van der Waals surface area contributed by atoms with Gasteiger partial charge >= 0.3 is 0 Å². The lowest BCUT2D eigenvalue weighted by Gasteiger charge is -2.26. The second-order valence-electron chi connectivity index (χ2n) is 9.32. The third kappa shape index (κ3) is 5.45. The molecular weight excluding hydrogens is 549 g/mol. The summed E-state index contributed by atoms with van der Waals surface area (Å²) in [5, 5.41) is 4.75. The highest BCUT2D eigenvalue weighted by atomic mass is 35.5. The normalized spacial score (nSPS) is 15.2. The molecule has 0 bridgehead atoms. The number of hydrogen-bond acceptors (Lipinski definition) is 6. The Balaban J connectivity index is 1.53. The van der Waals surface area contributed by atoms with Crippen LogP contribution in [0.3, 0.4) is 0 Å². The average molecular weight is 575 g/mol. The van der Waals surface area contributed by atoms with E-state index < -0.39 is 0 Å². The summed E-state index contributed by atoms with van der Waals surface area (Å²) in [5.74, 6) is 0.127. The molecule has 192 valence electrons. The topological polar surface area (TPSA) is 73.2 Å². The van der Waals surface area contributed by atoms with Crippen LogP contribution in [0, 0.1) is 12.8 Å². The van der Waals surface area contributed by atoms with Gasteiger partial charge in [-0.25, -0.2) is 4.98 Å². The van der Waals surface area contributed by atoms with Crippen LogP contribution in [-0.2, 0) is 22.6 Å². The monoisotopic (exact) mass is 573 g/mol. The van der Waals surface area contributed by atoms with Gasteiger partial charge in [0, 0.05) is 16.3 Å². The molecule has 0 aliphatic carbocycles. The molecule has 1 aliphatic heterocycles. The minimum absolute atomic E-state index is 0.0480. The van der Waals surface area contributed by atoms with Crippen LogP contribution in [0.25, 0.3) is 15.9 Å². The van der Waals surface area contributed by atoms with Gasteiger partial charge in [-0.1, -0.05) is 60.9 Å². The quantitative estimate of drug-likeness (QED) is 0.201. The van der Waals surface area contributed by atoms with Gasteiger partial charge in [0.05, 0.1) is 40.2 Å². The summed E-state index contributed by atoms with van der Waals surface area (Å²) in [6, 6.07) is 12.6. The van der Waals surface area contributed by atoms with Gasteiger partial charge in [-0.3, -0.25) is 14.2 Å². The molecule has 4 aromatic rings. The van der Waals surface area contributed by atoms with Crippen LogP contribution < -0.4 is 10.9 Å². The predicted molar refractivity (Wildman–Crippen MR) is 153 cm³/mol. The minimum Gasteiger partial charge on any atom is -0.372 e. The third-order valence-corrected chi connectivity index (χ3v) is 8.84. The zero-order valence-electron chi connectivity index (χ0n) is 20.5. The van der Waals surface area contributed by atoms with Gasteiger partial charge in [0.25, 0.3) is 5.56 Å². The number of nitrogens with zero attached hydrogens (tertiary/aromatic N) is 2. The number of hydrogen-bond donors (Lipinski definition) is 1. The molecule has 1 aliphatic rings. The fraction of sp³-hybridized carbons (Fsp3) is 0.296. The molecule has 0 unspecified atom stereocenters. The van der Waals surface area contributed by atoms with Crippen molar-refractivity contribution in [2.75, 3.05) is 11.1 Å². The average Bonchev–Trinajstić information content (AvgIpc) is 3.22. The van der Waals surface area contributed by atoms with Crippen molar-refractivity contribution in [3.05, 3.63) is 78.9 Å². The van der Waals surface area contributed by atoms with Crippen molar-refractivity contribution in [1.82, 2.24) is 9.55 Å². The fourth-order valence-corrected chi connectivity index (χ4v) is 6.77. The number of nitrogens with one attached hydrogen (secondary N) is 1. The highest BCUT2D eigenvalue weighted by Crippen LogP contribution is 2.36. The summed E-state index contributed by atoms with van der Waals surface area (Å²) in [6.45, 7) is 6.72. The van der Waals surface area contributed by atoms with E-state index >= 15 is 0 Å². The van der Waals surface area contributed by atoms with Crippen molar-refractivity contribution < 1.29 is 9.53 Å². The predicted octanol–water partition coefficient (Wildman–Crippen LogP) is 6.89. The Kier molecular flexibility index (Phi) is 7.65. The van der Waals surface area contributed by atoms with Crippen molar-refractivity contribution in [3.63, 3.8) is 0 Å². The maximum absolute atomic E-state index is 14.0. The van der Waals surface area contributed by atoms with E-state index in [1.165, 1.54) is 23.1 Å². The summed E-state index contributed by atoms with van der Waals surface area (Å²) < 4.78 is 7.67. The SMILES string of the molecule is Cc1cccc(-n2c(SCC(=O)Nc3ccc(Cl)cc3Cl)nc3sc4c(c3c2=O)C[C@H](C(C)C)OC4)c1. The number of carbonyl (C=O) groups excluding carboxylic acids is 1. The summed E-state index contributed by atoms with van der Waals surface area (Å²) in [4.78, 5) is 33.4. The van der Waals surface area contributed by atoms with Crippen LogP contribution in [0.2, 0.25) is 10.0 Å². The van der Waals surface area contributed by atoms with Gasteiger partial charge < -0.3 is 10.1 Å². The number of amides is 1. The molecule has 3 heterocycles. The Morgan fingerprint density at radius 1 is 1.27 bits per heavy atom. The van der Waals surface area contributed by atoms with Gasteiger partial charge in [0.15, 0.2) is 5.16 Å². The van der Waals surface area contributed by atoms with Crippen molar-refractivity contribution in [2.45, 2.75) is 45.1 Å². The second-order valence-corrected chi connectivity index (χ2v) is 12.2. The number of aryl methyl sites for hydroxylation is 1. The van der Waals surface area contributed by atoms with Crippen LogP contribution >= 0.6 is 46.3 Å². The molecule has 0 radical (unpaired) electrons. The molecule has 1 amide bonds. The Morgan fingerprint density at radius 3 is 2.81 bits per heavy atom. The summed E-state index contributed by atoms with van der Waals surface area (Å²) in [5.41, 5.74) is 3.13. The maximum atomic E-state index is 14.0. The molecule has 2 aromatic heterocycles. The van der Waals surface area contributed by atoms with E-state index in [4.69, 9.17) is 32.9 Å². The molecule has 2 aromatic carbocycles. The van der Waals surface area contributed by atoms with Crippen molar-refractivity contribution >= 4 is 68.1 Å². The van der Waals surface area contributed by atoms with E-state index in [1.54, 1.807) is 22.8 Å². The molecule has 1 N–H and O–H groups in total. The first-order valence-electron chi connectivity index (χ1n) is 11.8. The first kappa shape index (κ1) is 26.3. The first-order chi connectivity index (χ1) is 17.7. The van der Waals surface area contributed by atoms with Gasteiger partial charge in [0.1, 0.15) is 4.83 Å². The molecule has 10 heteroatoms. The number of rotatable bonds is 6. The highest BCUT2D eigenvalue weighted by molar-refractivity contribution is 7.99. The number of anilines is 1. The van der Waals surface area contributed by atoms with Crippen LogP contribution in [0.1, 0.15) is 29.9 Å². The third-order valence-electron chi connectivity index (χ3n) is 6.25. The second kappa shape index (κ2) is 10.8. The zero-order valence-corrected chi connectivity index (χ0v) is 23.7. The minimum atomic E-state index is -0.266. The Bertz CT molecular complexity index is 1560. The van der Waals surface area contributed by atoms with Crippen LogP contribution in [-0.4, -0.2) is 27.3 Å². The standard InChI is InChI=1S/C27H25Cl2N3O3S2/c1-14(2)21-11-18-22(12-35-21)37-25-24(18)26(34)32(17-6-4-5-15(3)9-17)27(31-25)36-13-23(33)30-20-8-7-16(28)10-19(20)29/h4-10,14,21H,11-13H2,1-3H3,(H,30,33)/t21-/m1/s1. The molecule has 5 rings (SSSR count). The number of aromatic nitrogens is 2. The van der Waals surface area contributed by atoms with E-state index in [0.717, 1.165) is 21.7 Å². The van der Waals surface area contributed by atoms with E-state index in [0.29, 0.717) is 50.1 Å². The molecule has 0 fully saturated rings. The fourth-order valence-electron chi connectivity index (χ4n) is 4.33. The molecule has 1 atom stereocenters. The summed E-state index contributed by atoms with van der Waals surface area (Å²) in [7, 11) is 0. The molecule has 0 saturated heterocycles. The van der Waals surface area contributed by atoms with Crippen LogP contribution in [0.15, 0.2) is 52.4 Å². The molecule has 6 nitrogen and oxygen atoms in total. The maximum Gasteiger partial charge on any atom is 0.267 e. The van der Waals surface area contributed by atoms with E-state index in [2.05, 4.69) is 19.2 Å². The Morgan fingerprint density at radius 2 is 2.08 bits per heavy atom. The number of thioether (sulfide) groups is 1. The van der Waals surface area contributed by atoms with E-state index in [1.807, 2.05) is 31.2 Å². The van der Waals surface area contributed by atoms with Gasteiger partial charge in [-0.2, -0.15) is 0 Å². The number of ether oxygens (including phenoxy) is 1. The lowest BCUT2D eigenvalue weighted by atomic mass is 9.96. The smallest absolute Gasteiger partial charge is 0.267 e. The Labute approximate surface area is 233 Å². The first-order valence-corrected chi connectivity index (χ1v) is 14.4. The van der Waals surface area contributed by atoms with Crippen molar-refractivity contribution in [3.8, 4) is 5.69 Å². The van der Waals surface area contributed by atoms with Gasteiger partial charge in [0.2, 0.25) is 5.91 Å². The lowest BCUT2D eigenvalue weighted by molar-refractivity contribution is -0.113. The highest BCUT2D eigenvalue weighted by Gasteiger charge is 2.29. The summed E-state index contributed by atoms with van der Waals surface area (Å²) in [6.07, 6.45) is 0.753. The van der Waals surface area contributed by atoms with Crippen LogP contribution in [0.4, 0.5) is 5.69 Å². The number of benzene rings is 2. The van der Waals surface area contributed by atoms with Gasteiger partial charge in [-0.05, 0) is 54.3 Å². The van der Waals surface area contributed by atoms with Crippen molar-refractivity contribution in [1.29, 1.82) is 0 Å². The zero-order chi connectivity index (χ0) is 26.3. The largest absolute Gasteiger partial charge is 0.372 e. The number of fused-ring (bicyclic) bond motifs is 3. The number of carbonyl (C=O) groups is 1. The number of thiophene rings is 1. The molecule has 0 spiro atoms. The van der Waals surface area contributed by atoms with Crippen molar-refractivity contribution in [2.24, 2.45) is 5.92 Å². The molecule has 0 saturated carbocycles. The molecular formula is C27H25Cl2N3O3S2. The Hall–Kier alpha value is -2.36. The van der Waals surface area contributed by atoms with Crippen LogP contribution in [0.5, 0.6) is 0 Å². The molecule has 37 heavy (non-hydrogen) atoms.